The molecule has 0 heterocycles. The first-order chi connectivity index (χ1) is 9.86. The Labute approximate surface area is 146 Å². The Bertz CT molecular complexity index is 665. The molecule has 0 amide bonds. The molecule has 1 nitrogen and oxygen atoms in total. The summed E-state index contributed by atoms with van der Waals surface area (Å²) in [7, 11) is 1.81. The molecular weight excluding hydrogens is 420 g/mol. The van der Waals surface area contributed by atoms with Gasteiger partial charge in [-0.2, -0.15) is 0 Å². The van der Waals surface area contributed by atoms with Gasteiger partial charge >= 0.3 is 0 Å². The minimum atomic E-state index is -0.399. The topological polar surface area (TPSA) is 12.0 Å². The van der Waals surface area contributed by atoms with Crippen molar-refractivity contribution in [2.45, 2.75) is 19.9 Å². The van der Waals surface area contributed by atoms with E-state index in [0.29, 0.717) is 10.0 Å². The van der Waals surface area contributed by atoms with Gasteiger partial charge in [0.25, 0.3) is 0 Å². The Hall–Kier alpha value is -0.420. The van der Waals surface area contributed by atoms with Crippen molar-refractivity contribution in [2.75, 3.05) is 7.05 Å². The van der Waals surface area contributed by atoms with Crippen molar-refractivity contribution in [1.82, 2.24) is 5.32 Å². The molecule has 0 aliphatic carbocycles. The number of rotatable bonds is 3. The van der Waals surface area contributed by atoms with Crippen LogP contribution in [0.25, 0.3) is 0 Å². The van der Waals surface area contributed by atoms with Crippen molar-refractivity contribution in [3.8, 4) is 0 Å². The Morgan fingerprint density at radius 3 is 2.24 bits per heavy atom. The molecule has 0 bridgehead atoms. The molecule has 0 saturated heterocycles. The lowest BCUT2D eigenvalue weighted by atomic mass is 9.95. The molecule has 1 atom stereocenters. The monoisotopic (exact) mass is 433 g/mol. The lowest BCUT2D eigenvalue weighted by Crippen LogP contribution is -2.19. The Balaban J connectivity index is 2.58. The lowest BCUT2D eigenvalue weighted by molar-refractivity contribution is 0.575. The molecule has 0 spiro atoms. The third-order valence-corrected chi connectivity index (χ3v) is 5.97. The van der Waals surface area contributed by atoms with Crippen LogP contribution in [0.1, 0.15) is 28.3 Å². The number of hydrogen-bond donors (Lipinski definition) is 1. The van der Waals surface area contributed by atoms with Gasteiger partial charge in [0, 0.05) is 14.5 Å². The van der Waals surface area contributed by atoms with Gasteiger partial charge in [-0.1, -0.05) is 45.7 Å². The second kappa shape index (κ2) is 6.78. The second-order valence-electron chi connectivity index (χ2n) is 4.95. The van der Waals surface area contributed by atoms with Crippen LogP contribution in [0.15, 0.2) is 33.2 Å². The molecule has 112 valence electrons. The summed E-state index contributed by atoms with van der Waals surface area (Å²) in [6, 6.07) is 7.37. The number of nitrogens with one attached hydrogen (secondary N) is 1. The molecule has 0 saturated carbocycles. The third-order valence-electron chi connectivity index (χ3n) is 3.46. The summed E-state index contributed by atoms with van der Waals surface area (Å²) < 4.78 is 16.1. The molecule has 2 rings (SSSR count). The van der Waals surface area contributed by atoms with Crippen LogP contribution < -0.4 is 5.32 Å². The fourth-order valence-electron chi connectivity index (χ4n) is 2.41. The zero-order chi connectivity index (χ0) is 15.7. The minimum Gasteiger partial charge on any atom is -0.309 e. The average molecular weight is 436 g/mol. The highest BCUT2D eigenvalue weighted by molar-refractivity contribution is 9.10. The van der Waals surface area contributed by atoms with Gasteiger partial charge in [-0.05, 0) is 59.6 Å². The molecule has 0 radical (unpaired) electrons. The first-order valence-corrected chi connectivity index (χ1v) is 8.40. The summed E-state index contributed by atoms with van der Waals surface area (Å²) in [6.07, 6.45) is 0. The van der Waals surface area contributed by atoms with Crippen LogP contribution in [0.5, 0.6) is 0 Å². The molecule has 0 aliphatic rings. The maximum atomic E-state index is 14.5. The lowest BCUT2D eigenvalue weighted by Gasteiger charge is -2.20. The highest BCUT2D eigenvalue weighted by atomic mass is 79.9. The van der Waals surface area contributed by atoms with Crippen LogP contribution in [-0.2, 0) is 0 Å². The maximum absolute atomic E-state index is 14.5. The van der Waals surface area contributed by atoms with E-state index in [-0.39, 0.29) is 11.1 Å². The minimum absolute atomic E-state index is 0.110. The van der Waals surface area contributed by atoms with E-state index in [9.17, 15) is 4.39 Å². The van der Waals surface area contributed by atoms with Crippen molar-refractivity contribution >= 4 is 43.5 Å². The Morgan fingerprint density at radius 1 is 1.14 bits per heavy atom. The fourth-order valence-corrected chi connectivity index (χ4v) is 3.12. The van der Waals surface area contributed by atoms with Crippen LogP contribution >= 0.6 is 43.5 Å². The third kappa shape index (κ3) is 3.34. The van der Waals surface area contributed by atoms with E-state index in [0.717, 1.165) is 21.2 Å². The SMILES string of the molecule is CNC(c1cc(C)c(Br)c(C)c1)c1ccc(Br)c(Cl)c1F. The standard InChI is InChI=1S/C16H15Br2ClFN/c1-8-6-10(7-9(2)13(8)18)16(21-3)11-4-5-12(17)14(19)15(11)20/h4-7,16,21H,1-3H3. The summed E-state index contributed by atoms with van der Waals surface area (Å²) in [5, 5.41) is 3.28. The van der Waals surface area contributed by atoms with Crippen LogP contribution in [-0.4, -0.2) is 7.05 Å². The van der Waals surface area contributed by atoms with Gasteiger partial charge in [-0.25, -0.2) is 4.39 Å². The zero-order valence-corrected chi connectivity index (χ0v) is 15.8. The van der Waals surface area contributed by atoms with Crippen molar-refractivity contribution in [3.63, 3.8) is 0 Å². The highest BCUT2D eigenvalue weighted by Crippen LogP contribution is 2.34. The van der Waals surface area contributed by atoms with Crippen LogP contribution in [0, 0.1) is 19.7 Å². The first-order valence-electron chi connectivity index (χ1n) is 6.44. The van der Waals surface area contributed by atoms with Crippen molar-refractivity contribution in [1.29, 1.82) is 0 Å². The van der Waals surface area contributed by atoms with Gasteiger partial charge < -0.3 is 5.32 Å². The van der Waals surface area contributed by atoms with Gasteiger partial charge in [0.2, 0.25) is 0 Å². The zero-order valence-electron chi connectivity index (χ0n) is 11.9. The summed E-state index contributed by atoms with van der Waals surface area (Å²) in [4.78, 5) is 0. The van der Waals surface area contributed by atoms with E-state index in [4.69, 9.17) is 11.6 Å². The molecule has 5 heteroatoms. The summed E-state index contributed by atoms with van der Waals surface area (Å²) >= 11 is 12.8. The van der Waals surface area contributed by atoms with Gasteiger partial charge in [-0.3, -0.25) is 0 Å². The normalized spacial score (nSPS) is 12.5. The van der Waals surface area contributed by atoms with Crippen molar-refractivity contribution < 1.29 is 4.39 Å². The molecule has 2 aromatic rings. The number of benzene rings is 2. The first kappa shape index (κ1) is 16.9. The molecule has 1 unspecified atom stereocenters. The largest absolute Gasteiger partial charge is 0.309 e. The van der Waals surface area contributed by atoms with E-state index in [1.165, 1.54) is 0 Å². The summed E-state index contributed by atoms with van der Waals surface area (Å²) in [6.45, 7) is 4.05. The van der Waals surface area contributed by atoms with Crippen molar-refractivity contribution in [3.05, 3.63) is 66.3 Å². The molecule has 21 heavy (non-hydrogen) atoms. The van der Waals surface area contributed by atoms with Gasteiger partial charge in [0.05, 0.1) is 11.1 Å². The van der Waals surface area contributed by atoms with Crippen LogP contribution in [0.2, 0.25) is 5.02 Å². The van der Waals surface area contributed by atoms with Crippen molar-refractivity contribution in [2.24, 2.45) is 0 Å². The summed E-state index contributed by atoms with van der Waals surface area (Å²) in [5.74, 6) is -0.399. The quantitative estimate of drug-likeness (QED) is 0.589. The smallest absolute Gasteiger partial charge is 0.148 e. The van der Waals surface area contributed by atoms with Gasteiger partial charge in [-0.15, -0.1) is 0 Å². The molecule has 1 N–H and O–H groups in total. The average Bonchev–Trinajstić information content (AvgIpc) is 2.45. The number of halogens is 4. The highest BCUT2D eigenvalue weighted by Gasteiger charge is 2.20. The van der Waals surface area contributed by atoms with Gasteiger partial charge in [0.1, 0.15) is 5.82 Å². The van der Waals surface area contributed by atoms with Gasteiger partial charge in [0.15, 0.2) is 0 Å². The van der Waals surface area contributed by atoms with E-state index >= 15 is 0 Å². The second-order valence-corrected chi connectivity index (χ2v) is 6.98. The Morgan fingerprint density at radius 2 is 1.71 bits per heavy atom. The van der Waals surface area contributed by atoms with Crippen LogP contribution in [0.4, 0.5) is 4.39 Å². The fraction of sp³-hybridized carbons (Fsp3) is 0.250. The number of hydrogen-bond acceptors (Lipinski definition) is 1. The molecule has 0 aliphatic heterocycles. The molecule has 0 fully saturated rings. The van der Waals surface area contributed by atoms with E-state index in [1.54, 1.807) is 12.1 Å². The predicted octanol–water partition coefficient (Wildman–Crippen LogP) is 5.93. The number of aryl methyl sites for hydroxylation is 2. The Kier molecular flexibility index (Phi) is 5.47. The molecule has 2 aromatic carbocycles. The van der Waals surface area contributed by atoms with Crippen LogP contribution in [0.3, 0.4) is 0 Å². The van der Waals surface area contributed by atoms with E-state index in [2.05, 4.69) is 37.2 Å². The molecule has 0 aromatic heterocycles. The predicted molar refractivity (Wildman–Crippen MR) is 93.6 cm³/mol. The van der Waals surface area contributed by atoms with E-state index < -0.39 is 5.82 Å². The summed E-state index contributed by atoms with van der Waals surface area (Å²) in [5.41, 5.74) is 3.78. The van der Waals surface area contributed by atoms with E-state index in [1.807, 2.05) is 33.0 Å². The molecular formula is C16H15Br2ClFN. The maximum Gasteiger partial charge on any atom is 0.148 e.